The third kappa shape index (κ3) is 11.3. The summed E-state index contributed by atoms with van der Waals surface area (Å²) in [4.78, 5) is 68.9. The van der Waals surface area contributed by atoms with E-state index in [1.807, 2.05) is 37.3 Å². The number of nitrogens with one attached hydrogen (secondary N) is 2. The quantitative estimate of drug-likeness (QED) is 0.213. The van der Waals surface area contributed by atoms with E-state index >= 15 is 0 Å². The summed E-state index contributed by atoms with van der Waals surface area (Å²) in [5.74, 6) is -2.86. The van der Waals surface area contributed by atoms with Crippen molar-refractivity contribution in [1.29, 1.82) is 0 Å². The van der Waals surface area contributed by atoms with Gasteiger partial charge in [-0.05, 0) is 43.0 Å². The molecule has 0 spiro atoms. The maximum Gasteiger partial charge on any atom is 0.524 e. The molecule has 3 amide bonds. The number of hydrogen-bond acceptors (Lipinski definition) is 6. The van der Waals surface area contributed by atoms with Gasteiger partial charge in [-0.3, -0.25) is 29.0 Å². The molecule has 13 heteroatoms. The van der Waals surface area contributed by atoms with Gasteiger partial charge in [-0.2, -0.15) is 0 Å². The van der Waals surface area contributed by atoms with Crippen molar-refractivity contribution in [3.63, 3.8) is 0 Å². The van der Waals surface area contributed by atoms with Gasteiger partial charge in [-0.25, -0.2) is 4.57 Å². The number of likely N-dealkylation sites (N-methyl/N-ethyl adjacent to an activating group) is 1. The molecule has 0 heterocycles. The molecule has 0 aliphatic carbocycles. The lowest BCUT2D eigenvalue weighted by Crippen LogP contribution is -2.55. The number of carboxylic acids is 1. The van der Waals surface area contributed by atoms with Crippen molar-refractivity contribution in [2.75, 3.05) is 7.05 Å². The number of carboxylic acid groups (broad SMARTS) is 1. The smallest absolute Gasteiger partial charge is 0.481 e. The fourth-order valence-corrected chi connectivity index (χ4v) is 4.26. The third-order valence-electron chi connectivity index (χ3n) is 5.93. The van der Waals surface area contributed by atoms with Crippen molar-refractivity contribution < 1.29 is 43.2 Å². The molecule has 2 aromatic carbocycles. The fraction of sp³-hybridized carbons (Fsp3) is 0.385. The Morgan fingerprint density at radius 3 is 2.05 bits per heavy atom. The summed E-state index contributed by atoms with van der Waals surface area (Å²) < 4.78 is 15.5. The van der Waals surface area contributed by atoms with Crippen LogP contribution in [0.1, 0.15) is 37.8 Å². The third-order valence-corrected chi connectivity index (χ3v) is 6.37. The van der Waals surface area contributed by atoms with Crippen LogP contribution in [0.5, 0.6) is 5.75 Å². The molecule has 5 N–H and O–H groups in total. The first kappa shape index (κ1) is 31.5. The van der Waals surface area contributed by atoms with E-state index in [2.05, 4.69) is 15.2 Å². The number of carbonyl (C=O) groups excluding carboxylic acids is 3. The zero-order valence-corrected chi connectivity index (χ0v) is 22.8. The van der Waals surface area contributed by atoms with Crippen LogP contribution >= 0.6 is 7.82 Å². The minimum absolute atomic E-state index is 0.0122. The molecule has 3 atom stereocenters. The van der Waals surface area contributed by atoms with E-state index in [-0.39, 0.29) is 31.1 Å². The van der Waals surface area contributed by atoms with Crippen LogP contribution in [0.4, 0.5) is 0 Å². The number of nitrogens with zero attached hydrogens (tertiary/aromatic N) is 1. The van der Waals surface area contributed by atoms with E-state index in [0.717, 1.165) is 5.56 Å². The van der Waals surface area contributed by atoms with Crippen LogP contribution in [0.2, 0.25) is 0 Å². The number of aliphatic carboxylic acids is 1. The summed E-state index contributed by atoms with van der Waals surface area (Å²) in [6, 6.07) is 12.6. The zero-order valence-electron chi connectivity index (χ0n) is 21.9. The van der Waals surface area contributed by atoms with Crippen molar-refractivity contribution in [2.45, 2.75) is 57.7 Å². The molecule has 2 aromatic rings. The highest BCUT2D eigenvalue weighted by Crippen LogP contribution is 2.37. The Labute approximate surface area is 226 Å². The predicted octanol–water partition coefficient (Wildman–Crippen LogP) is 1.64. The molecule has 0 aliphatic rings. The topological polar surface area (TPSA) is 183 Å². The SMILES string of the molecule is CC(=O)NC(Cc1ccc(OP(=O)(O)O)cc1)C(=O)NC(CCC(=O)O)C(=O)N(C)[C@@H](C)Cc1ccccc1. The summed E-state index contributed by atoms with van der Waals surface area (Å²) >= 11 is 0. The number of phosphoric acid groups is 1. The van der Waals surface area contributed by atoms with E-state index < -0.39 is 43.6 Å². The number of carbonyl (C=O) groups is 4. The molecule has 0 aliphatic heterocycles. The summed E-state index contributed by atoms with van der Waals surface area (Å²) in [5, 5.41) is 14.3. The molecule has 12 nitrogen and oxygen atoms in total. The molecule has 0 bridgehead atoms. The van der Waals surface area contributed by atoms with Crippen LogP contribution in [0.15, 0.2) is 54.6 Å². The molecule has 0 fully saturated rings. The van der Waals surface area contributed by atoms with Crippen molar-refractivity contribution in [2.24, 2.45) is 0 Å². The van der Waals surface area contributed by atoms with E-state index in [9.17, 15) is 28.8 Å². The Kier molecular flexibility index (Phi) is 11.7. The number of benzene rings is 2. The molecular formula is C26H34N3O9P. The first-order chi connectivity index (χ1) is 18.2. The van der Waals surface area contributed by atoms with E-state index in [1.54, 1.807) is 7.05 Å². The van der Waals surface area contributed by atoms with Gasteiger partial charge < -0.3 is 25.2 Å². The Hall–Kier alpha value is -3.73. The highest BCUT2D eigenvalue weighted by atomic mass is 31.2. The summed E-state index contributed by atoms with van der Waals surface area (Å²) in [5.41, 5.74) is 1.54. The van der Waals surface area contributed by atoms with Crippen LogP contribution in [-0.2, 0) is 36.6 Å². The first-order valence-corrected chi connectivity index (χ1v) is 13.7. The van der Waals surface area contributed by atoms with Gasteiger partial charge in [0, 0.05) is 32.9 Å². The normalized spacial score (nSPS) is 13.5. The molecule has 0 radical (unpaired) electrons. The maximum absolute atomic E-state index is 13.3. The maximum atomic E-state index is 13.3. The number of amides is 3. The summed E-state index contributed by atoms with van der Waals surface area (Å²) in [6.07, 6.45) is 0.0353. The Morgan fingerprint density at radius 2 is 1.51 bits per heavy atom. The zero-order chi connectivity index (χ0) is 29.2. The second kappa shape index (κ2) is 14.4. The summed E-state index contributed by atoms with van der Waals surface area (Å²) in [6.45, 7) is 3.07. The van der Waals surface area contributed by atoms with Crippen molar-refractivity contribution in [1.82, 2.24) is 15.5 Å². The lowest BCUT2D eigenvalue weighted by molar-refractivity contribution is -0.140. The van der Waals surface area contributed by atoms with E-state index in [0.29, 0.717) is 12.0 Å². The fourth-order valence-electron chi connectivity index (χ4n) is 3.87. The minimum atomic E-state index is -4.74. The van der Waals surface area contributed by atoms with E-state index in [1.165, 1.54) is 36.1 Å². The Balaban J connectivity index is 2.17. The van der Waals surface area contributed by atoms with Crippen LogP contribution in [-0.4, -0.2) is 68.7 Å². The lowest BCUT2D eigenvalue weighted by Gasteiger charge is -2.30. The van der Waals surface area contributed by atoms with Gasteiger partial charge in [0.15, 0.2) is 0 Å². The molecule has 2 unspecified atom stereocenters. The average Bonchev–Trinajstić information content (AvgIpc) is 2.85. The van der Waals surface area contributed by atoms with Crippen molar-refractivity contribution >= 4 is 31.5 Å². The number of hydrogen-bond donors (Lipinski definition) is 5. The van der Waals surface area contributed by atoms with Crippen LogP contribution in [0, 0.1) is 0 Å². The Morgan fingerprint density at radius 1 is 0.923 bits per heavy atom. The molecule has 39 heavy (non-hydrogen) atoms. The monoisotopic (exact) mass is 563 g/mol. The average molecular weight is 564 g/mol. The predicted molar refractivity (Wildman–Crippen MR) is 142 cm³/mol. The second-order valence-electron chi connectivity index (χ2n) is 9.16. The van der Waals surface area contributed by atoms with Gasteiger partial charge in [0.1, 0.15) is 17.8 Å². The molecule has 2 rings (SSSR count). The van der Waals surface area contributed by atoms with Crippen molar-refractivity contribution in [3.8, 4) is 5.75 Å². The van der Waals surface area contributed by atoms with Gasteiger partial charge >= 0.3 is 13.8 Å². The van der Waals surface area contributed by atoms with Gasteiger partial charge in [-0.1, -0.05) is 42.5 Å². The molecule has 212 valence electrons. The standard InChI is InChI=1S/C26H34N3O9P/c1-17(15-19-7-5-4-6-8-19)29(3)26(34)22(13-14-24(31)32)28-25(33)23(27-18(2)30)16-20-9-11-21(12-10-20)38-39(35,36)37/h4-12,17,22-23H,13-16H2,1-3H3,(H,27,30)(H,28,33)(H,31,32)(H2,35,36,37)/t17-,22?,23?/m0/s1. The molecule has 0 saturated heterocycles. The molecular weight excluding hydrogens is 529 g/mol. The highest BCUT2D eigenvalue weighted by molar-refractivity contribution is 7.46. The number of rotatable bonds is 14. The molecule has 0 saturated carbocycles. The molecule has 0 aromatic heterocycles. The van der Waals surface area contributed by atoms with E-state index in [4.69, 9.17) is 9.79 Å². The first-order valence-electron chi connectivity index (χ1n) is 12.2. The minimum Gasteiger partial charge on any atom is -0.481 e. The van der Waals surface area contributed by atoms with Crippen LogP contribution < -0.4 is 15.2 Å². The number of phosphoric ester groups is 1. The van der Waals surface area contributed by atoms with Crippen LogP contribution in [0.25, 0.3) is 0 Å². The second-order valence-corrected chi connectivity index (χ2v) is 10.3. The van der Waals surface area contributed by atoms with Gasteiger partial charge in [0.25, 0.3) is 0 Å². The van der Waals surface area contributed by atoms with Gasteiger partial charge in [0.05, 0.1) is 0 Å². The van der Waals surface area contributed by atoms with Gasteiger partial charge in [0.2, 0.25) is 17.7 Å². The van der Waals surface area contributed by atoms with Gasteiger partial charge in [-0.15, -0.1) is 0 Å². The summed E-state index contributed by atoms with van der Waals surface area (Å²) in [7, 11) is -3.15. The van der Waals surface area contributed by atoms with Crippen molar-refractivity contribution in [3.05, 3.63) is 65.7 Å². The largest absolute Gasteiger partial charge is 0.524 e. The highest BCUT2D eigenvalue weighted by Gasteiger charge is 2.30. The lowest BCUT2D eigenvalue weighted by atomic mass is 10.0. The van der Waals surface area contributed by atoms with Crippen LogP contribution in [0.3, 0.4) is 0 Å². The Bertz CT molecular complexity index is 1180.